The van der Waals surface area contributed by atoms with E-state index in [9.17, 15) is 4.79 Å². The first-order chi connectivity index (χ1) is 10.0. The molecule has 1 fully saturated rings. The quantitative estimate of drug-likeness (QED) is 0.854. The molecule has 0 aliphatic carbocycles. The molecule has 118 valence electrons. The summed E-state index contributed by atoms with van der Waals surface area (Å²) in [6.07, 6.45) is 1.19. The smallest absolute Gasteiger partial charge is 0.243 e. The van der Waals surface area contributed by atoms with Crippen LogP contribution >= 0.6 is 0 Å². The number of hydrogen-bond donors (Lipinski definition) is 1. The van der Waals surface area contributed by atoms with Gasteiger partial charge in [0.05, 0.1) is 6.04 Å². The van der Waals surface area contributed by atoms with Gasteiger partial charge in [0.2, 0.25) is 11.8 Å². The van der Waals surface area contributed by atoms with E-state index in [1.807, 2.05) is 18.7 Å². The molecule has 7 heteroatoms. The standard InChI is InChI=1S/C14H25N5O2/c1-4-12-16-14(21-17-12)11(3)18-5-7-19(8-6-18)13(20)9-10(2)15/h10-11H,4-9,15H2,1-3H3. The Morgan fingerprint density at radius 3 is 2.52 bits per heavy atom. The number of amides is 1. The van der Waals surface area contributed by atoms with Crippen molar-refractivity contribution in [3.8, 4) is 0 Å². The predicted octanol–water partition coefficient (Wildman–Crippen LogP) is 0.575. The number of nitrogens with two attached hydrogens (primary N) is 1. The van der Waals surface area contributed by atoms with Crippen molar-refractivity contribution >= 4 is 5.91 Å². The number of carbonyl (C=O) groups excluding carboxylic acids is 1. The Labute approximate surface area is 125 Å². The number of piperazine rings is 1. The number of aryl methyl sites for hydroxylation is 1. The largest absolute Gasteiger partial charge is 0.340 e. The predicted molar refractivity (Wildman–Crippen MR) is 78.5 cm³/mol. The number of carbonyl (C=O) groups is 1. The summed E-state index contributed by atoms with van der Waals surface area (Å²) in [5, 5.41) is 3.94. The molecule has 1 aromatic rings. The average molecular weight is 295 g/mol. The van der Waals surface area contributed by atoms with Crippen LogP contribution in [-0.2, 0) is 11.2 Å². The van der Waals surface area contributed by atoms with Crippen LogP contribution in [0.2, 0.25) is 0 Å². The molecule has 2 atom stereocenters. The molecule has 1 amide bonds. The lowest BCUT2D eigenvalue weighted by Gasteiger charge is -2.37. The summed E-state index contributed by atoms with van der Waals surface area (Å²) in [5.41, 5.74) is 5.68. The van der Waals surface area contributed by atoms with E-state index in [0.717, 1.165) is 38.4 Å². The van der Waals surface area contributed by atoms with Crippen LogP contribution in [0.5, 0.6) is 0 Å². The highest BCUT2D eigenvalue weighted by Gasteiger charge is 2.27. The molecule has 21 heavy (non-hydrogen) atoms. The monoisotopic (exact) mass is 295 g/mol. The molecule has 2 rings (SSSR count). The van der Waals surface area contributed by atoms with Gasteiger partial charge in [0.15, 0.2) is 5.82 Å². The molecule has 0 aromatic carbocycles. The molecule has 2 heterocycles. The van der Waals surface area contributed by atoms with Gasteiger partial charge in [0.1, 0.15) is 0 Å². The second kappa shape index (κ2) is 7.00. The van der Waals surface area contributed by atoms with E-state index in [4.69, 9.17) is 10.3 Å². The van der Waals surface area contributed by atoms with E-state index >= 15 is 0 Å². The third-order valence-electron chi connectivity index (χ3n) is 3.87. The zero-order chi connectivity index (χ0) is 15.4. The molecule has 2 N–H and O–H groups in total. The third-order valence-corrected chi connectivity index (χ3v) is 3.87. The molecule has 0 radical (unpaired) electrons. The Hall–Kier alpha value is -1.47. The maximum Gasteiger partial charge on any atom is 0.243 e. The van der Waals surface area contributed by atoms with E-state index in [2.05, 4.69) is 22.0 Å². The van der Waals surface area contributed by atoms with Gasteiger partial charge in [0.25, 0.3) is 0 Å². The number of aromatic nitrogens is 2. The molecule has 1 aliphatic heterocycles. The maximum absolute atomic E-state index is 12.0. The van der Waals surface area contributed by atoms with Crippen molar-refractivity contribution in [2.45, 2.75) is 45.7 Å². The van der Waals surface area contributed by atoms with Gasteiger partial charge >= 0.3 is 0 Å². The zero-order valence-corrected chi connectivity index (χ0v) is 13.1. The molecular weight excluding hydrogens is 270 g/mol. The lowest BCUT2D eigenvalue weighted by Crippen LogP contribution is -2.50. The topological polar surface area (TPSA) is 88.5 Å². The molecule has 1 aromatic heterocycles. The number of hydrogen-bond acceptors (Lipinski definition) is 6. The van der Waals surface area contributed by atoms with Gasteiger partial charge in [-0.1, -0.05) is 12.1 Å². The first kappa shape index (κ1) is 15.9. The molecule has 2 unspecified atom stereocenters. The van der Waals surface area contributed by atoms with Crippen molar-refractivity contribution in [1.82, 2.24) is 19.9 Å². The highest BCUT2D eigenvalue weighted by molar-refractivity contribution is 5.76. The van der Waals surface area contributed by atoms with Gasteiger partial charge in [-0.05, 0) is 13.8 Å². The van der Waals surface area contributed by atoms with E-state index in [0.29, 0.717) is 12.3 Å². The van der Waals surface area contributed by atoms with Crippen molar-refractivity contribution in [2.75, 3.05) is 26.2 Å². The molecule has 1 saturated heterocycles. The fourth-order valence-electron chi connectivity index (χ4n) is 2.50. The van der Waals surface area contributed by atoms with Crippen LogP contribution in [0.1, 0.15) is 44.9 Å². The first-order valence-electron chi connectivity index (χ1n) is 7.61. The van der Waals surface area contributed by atoms with Crippen LogP contribution in [0, 0.1) is 0 Å². The average Bonchev–Trinajstić information content (AvgIpc) is 2.95. The first-order valence-corrected chi connectivity index (χ1v) is 7.61. The van der Waals surface area contributed by atoms with Crippen molar-refractivity contribution in [3.63, 3.8) is 0 Å². The fraction of sp³-hybridized carbons (Fsp3) is 0.786. The maximum atomic E-state index is 12.0. The number of rotatable bonds is 5. The Morgan fingerprint density at radius 1 is 1.33 bits per heavy atom. The second-order valence-corrected chi connectivity index (χ2v) is 5.68. The Bertz CT molecular complexity index is 466. The van der Waals surface area contributed by atoms with E-state index in [1.165, 1.54) is 0 Å². The summed E-state index contributed by atoms with van der Waals surface area (Å²) in [6.45, 7) is 9.01. The number of nitrogens with zero attached hydrogens (tertiary/aromatic N) is 4. The summed E-state index contributed by atoms with van der Waals surface area (Å²) < 4.78 is 5.30. The van der Waals surface area contributed by atoms with Crippen LogP contribution < -0.4 is 5.73 Å². The van der Waals surface area contributed by atoms with E-state index < -0.39 is 0 Å². The van der Waals surface area contributed by atoms with Crippen molar-refractivity contribution in [1.29, 1.82) is 0 Å². The van der Waals surface area contributed by atoms with Gasteiger partial charge in [-0.25, -0.2) is 0 Å². The minimum atomic E-state index is -0.0830. The Kier molecular flexibility index (Phi) is 5.30. The minimum Gasteiger partial charge on any atom is -0.340 e. The minimum absolute atomic E-state index is 0.0830. The third kappa shape index (κ3) is 4.01. The summed E-state index contributed by atoms with van der Waals surface area (Å²) in [5.74, 6) is 1.54. The Balaban J connectivity index is 1.87. The molecular formula is C14H25N5O2. The van der Waals surface area contributed by atoms with E-state index in [-0.39, 0.29) is 18.0 Å². The normalized spacial score (nSPS) is 19.5. The van der Waals surface area contributed by atoms with E-state index in [1.54, 1.807) is 0 Å². The molecule has 7 nitrogen and oxygen atoms in total. The summed E-state index contributed by atoms with van der Waals surface area (Å²) in [7, 11) is 0. The zero-order valence-electron chi connectivity index (χ0n) is 13.1. The Morgan fingerprint density at radius 2 is 2.00 bits per heavy atom. The van der Waals surface area contributed by atoms with Crippen molar-refractivity contribution in [2.24, 2.45) is 5.73 Å². The van der Waals surface area contributed by atoms with Gasteiger partial charge in [-0.2, -0.15) is 4.98 Å². The summed E-state index contributed by atoms with van der Waals surface area (Å²) in [6, 6.07) is 0.00351. The fourth-order valence-corrected chi connectivity index (χ4v) is 2.50. The van der Waals surface area contributed by atoms with Crippen LogP contribution in [-0.4, -0.2) is 58.1 Å². The van der Waals surface area contributed by atoms with Gasteiger partial charge in [0, 0.05) is 45.1 Å². The van der Waals surface area contributed by atoms with Gasteiger partial charge in [-0.3, -0.25) is 9.69 Å². The van der Waals surface area contributed by atoms with Gasteiger partial charge < -0.3 is 15.2 Å². The molecule has 0 saturated carbocycles. The van der Waals surface area contributed by atoms with Crippen LogP contribution in [0.4, 0.5) is 0 Å². The van der Waals surface area contributed by atoms with Crippen LogP contribution in [0.3, 0.4) is 0 Å². The highest BCUT2D eigenvalue weighted by Crippen LogP contribution is 2.20. The summed E-state index contributed by atoms with van der Waals surface area (Å²) in [4.78, 5) is 20.5. The van der Waals surface area contributed by atoms with Crippen molar-refractivity contribution in [3.05, 3.63) is 11.7 Å². The van der Waals surface area contributed by atoms with Crippen LogP contribution in [0.25, 0.3) is 0 Å². The molecule has 1 aliphatic rings. The lowest BCUT2D eigenvalue weighted by molar-refractivity contribution is -0.133. The SMILES string of the molecule is CCc1noc(C(C)N2CCN(C(=O)CC(C)N)CC2)n1. The lowest BCUT2D eigenvalue weighted by atomic mass is 10.2. The van der Waals surface area contributed by atoms with Crippen LogP contribution in [0.15, 0.2) is 4.52 Å². The molecule has 0 bridgehead atoms. The van der Waals surface area contributed by atoms with Gasteiger partial charge in [-0.15, -0.1) is 0 Å². The second-order valence-electron chi connectivity index (χ2n) is 5.68. The highest BCUT2D eigenvalue weighted by atomic mass is 16.5. The summed E-state index contributed by atoms with van der Waals surface area (Å²) >= 11 is 0. The molecule has 0 spiro atoms. The van der Waals surface area contributed by atoms with Crippen molar-refractivity contribution < 1.29 is 9.32 Å².